The van der Waals surface area contributed by atoms with Gasteiger partial charge in [-0.15, -0.1) is 0 Å². The molecule has 0 unspecified atom stereocenters. The monoisotopic (exact) mass is 370 g/mol. The van der Waals surface area contributed by atoms with E-state index in [0.717, 1.165) is 5.56 Å². The summed E-state index contributed by atoms with van der Waals surface area (Å²) in [4.78, 5) is 12.2. The largest absolute Gasteiger partial charge is 0.504 e. The number of phenolic OH excluding ortho intramolecular Hbond substituents is 1. The molecule has 0 saturated heterocycles. The number of ether oxygens (including phenoxy) is 4. The van der Waals surface area contributed by atoms with Crippen molar-refractivity contribution in [2.45, 2.75) is 0 Å². The van der Waals surface area contributed by atoms with Crippen molar-refractivity contribution in [3.63, 3.8) is 0 Å². The Morgan fingerprint density at radius 2 is 1.56 bits per heavy atom. The van der Waals surface area contributed by atoms with Crippen LogP contribution in [0.4, 0.5) is 0 Å². The fourth-order valence-corrected chi connectivity index (χ4v) is 2.41. The van der Waals surface area contributed by atoms with E-state index in [-0.39, 0.29) is 11.5 Å². The van der Waals surface area contributed by atoms with Gasteiger partial charge in [-0.2, -0.15) is 0 Å². The number of allylic oxidation sites excluding steroid dienone is 2. The van der Waals surface area contributed by atoms with Gasteiger partial charge in [0.1, 0.15) is 5.75 Å². The lowest BCUT2D eigenvalue weighted by molar-refractivity contribution is -0.110. The molecule has 2 aromatic carbocycles. The molecular formula is C21H22O6. The average molecular weight is 370 g/mol. The quantitative estimate of drug-likeness (QED) is 0.714. The van der Waals surface area contributed by atoms with Gasteiger partial charge >= 0.3 is 0 Å². The van der Waals surface area contributed by atoms with E-state index < -0.39 is 0 Å². The molecule has 6 nitrogen and oxygen atoms in total. The highest BCUT2D eigenvalue weighted by atomic mass is 16.5. The standard InChI is InChI=1S/C21H22O6/c1-24-17-12-15(21(27-4)20(13-17)26-3)7-9-16(22)8-5-14-6-10-18(23)19(11-14)25-2/h5-13,23H,1-4H3/b8-5+,9-7+. The molecule has 0 aliphatic carbocycles. The molecular weight excluding hydrogens is 348 g/mol. The number of methoxy groups -OCH3 is 4. The van der Waals surface area contributed by atoms with Crippen LogP contribution >= 0.6 is 0 Å². The van der Waals surface area contributed by atoms with E-state index in [4.69, 9.17) is 18.9 Å². The maximum atomic E-state index is 12.2. The number of rotatable bonds is 8. The van der Waals surface area contributed by atoms with Crippen LogP contribution in [0.3, 0.4) is 0 Å². The number of phenols is 1. The first kappa shape index (κ1) is 19.9. The average Bonchev–Trinajstić information content (AvgIpc) is 2.70. The molecule has 0 heterocycles. The van der Waals surface area contributed by atoms with Gasteiger partial charge in [0.2, 0.25) is 0 Å². The third kappa shape index (κ3) is 5.04. The molecule has 0 aromatic heterocycles. The second-order valence-corrected chi connectivity index (χ2v) is 5.45. The molecule has 0 radical (unpaired) electrons. The molecule has 0 saturated carbocycles. The van der Waals surface area contributed by atoms with E-state index in [1.165, 1.54) is 39.5 Å². The van der Waals surface area contributed by atoms with Crippen molar-refractivity contribution in [3.05, 3.63) is 53.6 Å². The van der Waals surface area contributed by atoms with Crippen molar-refractivity contribution in [2.24, 2.45) is 0 Å². The topological polar surface area (TPSA) is 74.2 Å². The van der Waals surface area contributed by atoms with Gasteiger partial charge < -0.3 is 24.1 Å². The third-order valence-corrected chi connectivity index (χ3v) is 3.79. The van der Waals surface area contributed by atoms with Gasteiger partial charge in [-0.25, -0.2) is 0 Å². The van der Waals surface area contributed by atoms with Gasteiger partial charge in [0.25, 0.3) is 0 Å². The molecule has 6 heteroatoms. The molecule has 0 aliphatic rings. The van der Waals surface area contributed by atoms with Crippen LogP contribution in [0.2, 0.25) is 0 Å². The van der Waals surface area contributed by atoms with Crippen LogP contribution in [-0.4, -0.2) is 39.3 Å². The van der Waals surface area contributed by atoms with Crippen LogP contribution in [0, 0.1) is 0 Å². The van der Waals surface area contributed by atoms with Gasteiger partial charge in [-0.3, -0.25) is 4.79 Å². The molecule has 27 heavy (non-hydrogen) atoms. The Labute approximate surface area is 158 Å². The number of hydrogen-bond acceptors (Lipinski definition) is 6. The molecule has 0 atom stereocenters. The zero-order chi connectivity index (χ0) is 19.8. The van der Waals surface area contributed by atoms with Crippen molar-refractivity contribution in [1.82, 2.24) is 0 Å². The van der Waals surface area contributed by atoms with Crippen molar-refractivity contribution in [2.75, 3.05) is 28.4 Å². The SMILES string of the molecule is COc1cc(/C=C/C(=O)/C=C/c2ccc(O)c(OC)c2)c(OC)c(OC)c1. The molecule has 1 N–H and O–H groups in total. The summed E-state index contributed by atoms with van der Waals surface area (Å²) in [5, 5.41) is 9.60. The summed E-state index contributed by atoms with van der Waals surface area (Å²) in [5.74, 6) is 1.77. The van der Waals surface area contributed by atoms with E-state index in [1.807, 2.05) is 0 Å². The molecule has 2 aromatic rings. The van der Waals surface area contributed by atoms with Crippen molar-refractivity contribution >= 4 is 17.9 Å². The number of aromatic hydroxyl groups is 1. The lowest BCUT2D eigenvalue weighted by Crippen LogP contribution is -1.95. The van der Waals surface area contributed by atoms with Crippen LogP contribution in [0.5, 0.6) is 28.7 Å². The van der Waals surface area contributed by atoms with Crippen LogP contribution in [0.15, 0.2) is 42.5 Å². The Morgan fingerprint density at radius 1 is 0.852 bits per heavy atom. The van der Waals surface area contributed by atoms with E-state index in [2.05, 4.69) is 0 Å². The summed E-state index contributed by atoms with van der Waals surface area (Å²) < 4.78 is 20.9. The van der Waals surface area contributed by atoms with Gasteiger partial charge in [-0.1, -0.05) is 12.1 Å². The van der Waals surface area contributed by atoms with Gasteiger partial charge in [0, 0.05) is 11.6 Å². The first-order chi connectivity index (χ1) is 13.0. The fraction of sp³-hybridized carbons (Fsp3) is 0.190. The number of carbonyl (C=O) groups excluding carboxylic acids is 1. The number of benzene rings is 2. The first-order valence-corrected chi connectivity index (χ1v) is 8.09. The van der Waals surface area contributed by atoms with E-state index in [0.29, 0.717) is 28.6 Å². The lowest BCUT2D eigenvalue weighted by atomic mass is 10.1. The Hall–Kier alpha value is -3.41. The number of carbonyl (C=O) groups is 1. The zero-order valence-electron chi connectivity index (χ0n) is 15.7. The minimum atomic E-state index is -0.217. The van der Waals surface area contributed by atoms with Crippen molar-refractivity contribution in [1.29, 1.82) is 0 Å². The summed E-state index contributed by atoms with van der Waals surface area (Å²) in [5.41, 5.74) is 1.38. The number of hydrogen-bond donors (Lipinski definition) is 1. The van der Waals surface area contributed by atoms with Crippen LogP contribution in [-0.2, 0) is 4.79 Å². The molecule has 0 aliphatic heterocycles. The smallest absolute Gasteiger partial charge is 0.178 e. The normalized spacial score (nSPS) is 11.0. The third-order valence-electron chi connectivity index (χ3n) is 3.79. The highest BCUT2D eigenvalue weighted by Crippen LogP contribution is 2.36. The predicted octanol–water partition coefficient (Wildman–Crippen LogP) is 3.72. The molecule has 0 amide bonds. The van der Waals surface area contributed by atoms with Crippen LogP contribution in [0.25, 0.3) is 12.2 Å². The highest BCUT2D eigenvalue weighted by Gasteiger charge is 2.11. The number of ketones is 1. The zero-order valence-corrected chi connectivity index (χ0v) is 15.7. The maximum absolute atomic E-state index is 12.2. The Morgan fingerprint density at radius 3 is 2.19 bits per heavy atom. The van der Waals surface area contributed by atoms with Crippen molar-refractivity contribution in [3.8, 4) is 28.7 Å². The lowest BCUT2D eigenvalue weighted by Gasteiger charge is -2.12. The Balaban J connectivity index is 2.21. The van der Waals surface area contributed by atoms with E-state index in [9.17, 15) is 9.90 Å². The summed E-state index contributed by atoms with van der Waals surface area (Å²) in [7, 11) is 6.08. The van der Waals surface area contributed by atoms with E-state index >= 15 is 0 Å². The minimum Gasteiger partial charge on any atom is -0.504 e. The molecule has 0 bridgehead atoms. The fourth-order valence-electron chi connectivity index (χ4n) is 2.41. The predicted molar refractivity (Wildman–Crippen MR) is 104 cm³/mol. The minimum absolute atomic E-state index is 0.0416. The molecule has 0 fully saturated rings. The van der Waals surface area contributed by atoms with Crippen molar-refractivity contribution < 1.29 is 28.8 Å². The Kier molecular flexibility index (Phi) is 6.88. The van der Waals surface area contributed by atoms with Crippen LogP contribution < -0.4 is 18.9 Å². The molecule has 142 valence electrons. The molecule has 2 rings (SSSR count). The van der Waals surface area contributed by atoms with Gasteiger partial charge in [0.15, 0.2) is 28.8 Å². The second-order valence-electron chi connectivity index (χ2n) is 5.45. The van der Waals surface area contributed by atoms with E-state index in [1.54, 1.807) is 43.5 Å². The van der Waals surface area contributed by atoms with Gasteiger partial charge in [-0.05, 0) is 42.0 Å². The summed E-state index contributed by atoms with van der Waals surface area (Å²) in [6, 6.07) is 8.28. The van der Waals surface area contributed by atoms with Gasteiger partial charge in [0.05, 0.1) is 28.4 Å². The summed E-state index contributed by atoms with van der Waals surface area (Å²) in [6.45, 7) is 0. The first-order valence-electron chi connectivity index (χ1n) is 8.09. The summed E-state index contributed by atoms with van der Waals surface area (Å²) in [6.07, 6.45) is 6.11. The van der Waals surface area contributed by atoms with Crippen LogP contribution in [0.1, 0.15) is 11.1 Å². The highest BCUT2D eigenvalue weighted by molar-refractivity contribution is 6.04. The summed E-state index contributed by atoms with van der Waals surface area (Å²) >= 11 is 0. The maximum Gasteiger partial charge on any atom is 0.178 e. The second kappa shape index (κ2) is 9.33. The Bertz CT molecular complexity index is 867. The molecule has 0 spiro atoms.